The molecule has 1 aromatic rings. The Bertz CT molecular complexity index is 322. The van der Waals surface area contributed by atoms with E-state index in [0.29, 0.717) is 6.54 Å². The second kappa shape index (κ2) is 3.82. The number of hydrogen-bond donors (Lipinski definition) is 2. The van der Waals surface area contributed by atoms with Crippen molar-refractivity contribution in [1.29, 1.82) is 0 Å². The summed E-state index contributed by atoms with van der Waals surface area (Å²) in [7, 11) is 0. The zero-order valence-electron chi connectivity index (χ0n) is 9.14. The Hall–Kier alpha value is -1.32. The van der Waals surface area contributed by atoms with Crippen LogP contribution in [0.25, 0.3) is 0 Å². The smallest absolute Gasteiger partial charge is 0.225 e. The third-order valence-electron chi connectivity index (χ3n) is 2.05. The van der Waals surface area contributed by atoms with Crippen molar-refractivity contribution >= 4 is 5.91 Å². The highest BCUT2D eigenvalue weighted by molar-refractivity contribution is 5.81. The minimum Gasteiger partial charge on any atom is -0.351 e. The van der Waals surface area contributed by atoms with Gasteiger partial charge in [-0.1, -0.05) is 20.8 Å². The Morgan fingerprint density at radius 1 is 1.57 bits per heavy atom. The maximum atomic E-state index is 11.5. The van der Waals surface area contributed by atoms with Crippen LogP contribution in [0.4, 0.5) is 0 Å². The summed E-state index contributed by atoms with van der Waals surface area (Å²) in [5.41, 5.74) is 1.69. The average molecular weight is 195 g/mol. The van der Waals surface area contributed by atoms with E-state index in [9.17, 15) is 4.79 Å². The van der Waals surface area contributed by atoms with E-state index < -0.39 is 0 Å². The van der Waals surface area contributed by atoms with Gasteiger partial charge in [-0.05, 0) is 6.92 Å². The number of H-pyrrole nitrogens is 1. The molecular weight excluding hydrogens is 178 g/mol. The van der Waals surface area contributed by atoms with Crippen LogP contribution in [-0.2, 0) is 11.3 Å². The van der Waals surface area contributed by atoms with Gasteiger partial charge in [0.15, 0.2) is 0 Å². The van der Waals surface area contributed by atoms with Crippen LogP contribution in [0.15, 0.2) is 6.20 Å². The number of carbonyl (C=O) groups excluding carboxylic acids is 1. The average Bonchev–Trinajstić information content (AvgIpc) is 2.45. The molecule has 0 radical (unpaired) electrons. The van der Waals surface area contributed by atoms with E-state index in [2.05, 4.69) is 15.5 Å². The third kappa shape index (κ3) is 2.58. The van der Waals surface area contributed by atoms with Crippen molar-refractivity contribution in [2.45, 2.75) is 34.2 Å². The molecule has 2 N–H and O–H groups in total. The van der Waals surface area contributed by atoms with E-state index in [1.54, 1.807) is 6.20 Å². The van der Waals surface area contributed by atoms with Crippen molar-refractivity contribution < 1.29 is 4.79 Å². The fraction of sp³-hybridized carbons (Fsp3) is 0.600. The van der Waals surface area contributed by atoms with E-state index in [-0.39, 0.29) is 11.3 Å². The van der Waals surface area contributed by atoms with Crippen molar-refractivity contribution in [2.75, 3.05) is 0 Å². The van der Waals surface area contributed by atoms with Crippen molar-refractivity contribution in [1.82, 2.24) is 15.5 Å². The van der Waals surface area contributed by atoms with Gasteiger partial charge in [-0.15, -0.1) is 0 Å². The molecule has 0 bridgehead atoms. The van der Waals surface area contributed by atoms with Gasteiger partial charge in [-0.25, -0.2) is 0 Å². The maximum Gasteiger partial charge on any atom is 0.225 e. The minimum absolute atomic E-state index is 0.0538. The summed E-state index contributed by atoms with van der Waals surface area (Å²) >= 11 is 0. The van der Waals surface area contributed by atoms with E-state index in [0.717, 1.165) is 11.3 Å². The topological polar surface area (TPSA) is 57.8 Å². The molecule has 4 heteroatoms. The fourth-order valence-corrected chi connectivity index (χ4v) is 0.995. The van der Waals surface area contributed by atoms with Gasteiger partial charge in [0.1, 0.15) is 0 Å². The van der Waals surface area contributed by atoms with Crippen molar-refractivity contribution in [3.8, 4) is 0 Å². The number of amides is 1. The lowest BCUT2D eigenvalue weighted by molar-refractivity contribution is -0.128. The summed E-state index contributed by atoms with van der Waals surface area (Å²) in [6.45, 7) is 8.16. The normalized spacial score (nSPS) is 11.4. The van der Waals surface area contributed by atoms with Gasteiger partial charge in [-0.2, -0.15) is 5.10 Å². The first-order valence-corrected chi connectivity index (χ1v) is 4.68. The number of nitrogens with zero attached hydrogens (tertiary/aromatic N) is 1. The van der Waals surface area contributed by atoms with Crippen LogP contribution in [0.2, 0.25) is 0 Å². The molecule has 0 saturated heterocycles. The third-order valence-corrected chi connectivity index (χ3v) is 2.05. The predicted octanol–water partition coefficient (Wildman–Crippen LogP) is 1.38. The monoisotopic (exact) mass is 195 g/mol. The second-order valence-electron chi connectivity index (χ2n) is 4.45. The van der Waals surface area contributed by atoms with Crippen LogP contribution in [0, 0.1) is 12.3 Å². The molecule has 0 aliphatic carbocycles. The molecule has 0 aliphatic rings. The van der Waals surface area contributed by atoms with Crippen LogP contribution >= 0.6 is 0 Å². The fourth-order valence-electron chi connectivity index (χ4n) is 0.995. The number of carbonyl (C=O) groups is 1. The number of aryl methyl sites for hydroxylation is 1. The van der Waals surface area contributed by atoms with Crippen LogP contribution < -0.4 is 5.32 Å². The van der Waals surface area contributed by atoms with Crippen LogP contribution in [0.5, 0.6) is 0 Å². The molecule has 4 nitrogen and oxygen atoms in total. The van der Waals surface area contributed by atoms with Gasteiger partial charge in [-0.3, -0.25) is 9.89 Å². The Morgan fingerprint density at radius 2 is 2.21 bits per heavy atom. The van der Waals surface area contributed by atoms with Gasteiger partial charge in [0.05, 0.1) is 6.20 Å². The minimum atomic E-state index is -0.336. The summed E-state index contributed by atoms with van der Waals surface area (Å²) in [6.07, 6.45) is 1.73. The van der Waals surface area contributed by atoms with Crippen LogP contribution in [0.3, 0.4) is 0 Å². The summed E-state index contributed by atoms with van der Waals surface area (Å²) in [5.74, 6) is 0.0538. The first-order chi connectivity index (χ1) is 6.41. The van der Waals surface area contributed by atoms with Crippen molar-refractivity contribution in [3.63, 3.8) is 0 Å². The Morgan fingerprint density at radius 3 is 2.64 bits per heavy atom. The predicted molar refractivity (Wildman–Crippen MR) is 54.6 cm³/mol. The molecule has 0 atom stereocenters. The molecule has 1 aromatic heterocycles. The number of nitrogens with one attached hydrogen (secondary N) is 2. The van der Waals surface area contributed by atoms with E-state index in [1.807, 2.05) is 27.7 Å². The van der Waals surface area contributed by atoms with E-state index >= 15 is 0 Å². The molecular formula is C10H17N3O. The highest BCUT2D eigenvalue weighted by Gasteiger charge is 2.20. The maximum absolute atomic E-state index is 11.5. The van der Waals surface area contributed by atoms with Crippen molar-refractivity contribution in [2.24, 2.45) is 5.41 Å². The largest absolute Gasteiger partial charge is 0.351 e. The first-order valence-electron chi connectivity index (χ1n) is 4.68. The highest BCUT2D eigenvalue weighted by Crippen LogP contribution is 2.13. The van der Waals surface area contributed by atoms with Gasteiger partial charge in [0.25, 0.3) is 0 Å². The Kier molecular flexibility index (Phi) is 2.93. The molecule has 1 amide bonds. The quantitative estimate of drug-likeness (QED) is 0.749. The summed E-state index contributed by atoms with van der Waals surface area (Å²) in [6, 6.07) is 0. The Labute approximate surface area is 84.1 Å². The molecule has 0 aliphatic heterocycles. The number of hydrogen-bond acceptors (Lipinski definition) is 2. The SMILES string of the molecule is Cc1[nH]ncc1CNC(=O)C(C)(C)C. The van der Waals surface area contributed by atoms with Gasteiger partial charge in [0, 0.05) is 23.2 Å². The second-order valence-corrected chi connectivity index (χ2v) is 4.45. The summed E-state index contributed by atoms with van der Waals surface area (Å²) in [4.78, 5) is 11.5. The molecule has 0 unspecified atom stereocenters. The van der Waals surface area contributed by atoms with Crippen molar-refractivity contribution in [3.05, 3.63) is 17.5 Å². The standard InChI is InChI=1S/C10H17N3O/c1-7-8(6-12-13-7)5-11-9(14)10(2,3)4/h6H,5H2,1-4H3,(H,11,14)(H,12,13). The van der Waals surface area contributed by atoms with Gasteiger partial charge < -0.3 is 5.32 Å². The number of rotatable bonds is 2. The summed E-state index contributed by atoms with van der Waals surface area (Å²) in [5, 5.41) is 9.58. The number of aromatic amines is 1. The molecule has 0 fully saturated rings. The van der Waals surface area contributed by atoms with Crippen LogP contribution in [0.1, 0.15) is 32.0 Å². The molecule has 0 saturated carbocycles. The van der Waals surface area contributed by atoms with Gasteiger partial charge >= 0.3 is 0 Å². The molecule has 1 rings (SSSR count). The lowest BCUT2D eigenvalue weighted by Crippen LogP contribution is -2.34. The van der Waals surface area contributed by atoms with Crippen LogP contribution in [-0.4, -0.2) is 16.1 Å². The molecule has 1 heterocycles. The molecule has 0 spiro atoms. The van der Waals surface area contributed by atoms with E-state index in [4.69, 9.17) is 0 Å². The molecule has 78 valence electrons. The Balaban J connectivity index is 2.50. The lowest BCUT2D eigenvalue weighted by Gasteiger charge is -2.17. The number of aromatic nitrogens is 2. The van der Waals surface area contributed by atoms with Gasteiger partial charge in [0.2, 0.25) is 5.91 Å². The zero-order valence-corrected chi connectivity index (χ0v) is 9.14. The molecule has 0 aromatic carbocycles. The van der Waals surface area contributed by atoms with E-state index in [1.165, 1.54) is 0 Å². The lowest BCUT2D eigenvalue weighted by atomic mass is 9.95. The summed E-state index contributed by atoms with van der Waals surface area (Å²) < 4.78 is 0. The molecule has 14 heavy (non-hydrogen) atoms. The highest BCUT2D eigenvalue weighted by atomic mass is 16.2. The zero-order chi connectivity index (χ0) is 10.8. The first kappa shape index (κ1) is 10.8.